The summed E-state index contributed by atoms with van der Waals surface area (Å²) < 4.78 is 5.54. The minimum Gasteiger partial charge on any atom is -0.383 e. The molecule has 0 bridgehead atoms. The largest absolute Gasteiger partial charge is 0.383 e. The van der Waals surface area contributed by atoms with Crippen LogP contribution in [0.25, 0.3) is 0 Å². The lowest BCUT2D eigenvalue weighted by atomic mass is 10.0. The lowest BCUT2D eigenvalue weighted by Crippen LogP contribution is -2.19. The minimum absolute atomic E-state index is 0.0678. The number of pyridine rings is 1. The van der Waals surface area contributed by atoms with Gasteiger partial charge in [0.05, 0.1) is 6.10 Å². The van der Waals surface area contributed by atoms with Crippen LogP contribution in [0.1, 0.15) is 30.9 Å². The van der Waals surface area contributed by atoms with E-state index in [4.69, 9.17) is 16.2 Å². The second-order valence-corrected chi connectivity index (χ2v) is 3.96. The van der Waals surface area contributed by atoms with E-state index >= 15 is 0 Å². The fourth-order valence-corrected chi connectivity index (χ4v) is 1.98. The Balaban J connectivity index is 2.00. The van der Waals surface area contributed by atoms with E-state index in [1.54, 1.807) is 6.20 Å². The van der Waals surface area contributed by atoms with Gasteiger partial charge in [-0.1, -0.05) is 6.07 Å². The van der Waals surface area contributed by atoms with Crippen molar-refractivity contribution >= 4 is 5.82 Å². The molecule has 2 unspecified atom stereocenters. The van der Waals surface area contributed by atoms with Gasteiger partial charge in [-0.25, -0.2) is 4.98 Å². The molecule has 0 amide bonds. The summed E-state index contributed by atoms with van der Waals surface area (Å²) in [6.07, 6.45) is 5.04. The number of rotatable bonds is 3. The molecule has 0 spiro atoms. The monoisotopic (exact) mass is 207 g/mol. The Morgan fingerprint density at radius 2 is 2.47 bits per heavy atom. The first-order chi connectivity index (χ1) is 7.27. The van der Waals surface area contributed by atoms with Crippen molar-refractivity contribution in [2.45, 2.75) is 31.4 Å². The van der Waals surface area contributed by atoms with E-state index in [9.17, 15) is 0 Å². The summed E-state index contributed by atoms with van der Waals surface area (Å²) in [4.78, 5) is 4.03. The maximum atomic E-state index is 6.08. The van der Waals surface area contributed by atoms with E-state index in [1.165, 1.54) is 0 Å². The highest BCUT2D eigenvalue weighted by Crippen LogP contribution is 2.25. The second kappa shape index (κ2) is 4.59. The van der Waals surface area contributed by atoms with E-state index in [1.807, 2.05) is 12.1 Å². The average Bonchev–Trinajstić information content (AvgIpc) is 2.71. The standard InChI is InChI=1S/C11H17N3O/c12-10(7-8-3-2-6-15-8)9-4-1-5-14-11(9)13/h1,4-5,8,10H,2-3,6-7,12H2,(H2,13,14). The highest BCUT2D eigenvalue weighted by molar-refractivity contribution is 5.40. The first-order valence-corrected chi connectivity index (χ1v) is 5.35. The number of nitrogen functional groups attached to an aromatic ring is 1. The predicted octanol–water partition coefficient (Wildman–Crippen LogP) is 1.23. The Hall–Kier alpha value is -1.13. The van der Waals surface area contributed by atoms with Crippen LogP contribution in [0.2, 0.25) is 0 Å². The lowest BCUT2D eigenvalue weighted by molar-refractivity contribution is 0.0984. The van der Waals surface area contributed by atoms with E-state index in [2.05, 4.69) is 4.98 Å². The summed E-state index contributed by atoms with van der Waals surface area (Å²) in [6.45, 7) is 0.861. The summed E-state index contributed by atoms with van der Waals surface area (Å²) in [5.74, 6) is 0.531. The zero-order valence-electron chi connectivity index (χ0n) is 8.73. The molecule has 4 nitrogen and oxygen atoms in total. The van der Waals surface area contributed by atoms with Crippen LogP contribution in [0.15, 0.2) is 18.3 Å². The quantitative estimate of drug-likeness (QED) is 0.781. The molecule has 1 aromatic rings. The number of ether oxygens (including phenoxy) is 1. The molecule has 4 heteroatoms. The molecule has 1 aliphatic heterocycles. The van der Waals surface area contributed by atoms with Gasteiger partial charge in [-0.05, 0) is 25.3 Å². The van der Waals surface area contributed by atoms with Crippen molar-refractivity contribution in [3.8, 4) is 0 Å². The number of nitrogens with two attached hydrogens (primary N) is 2. The molecule has 0 radical (unpaired) electrons. The Kier molecular flexibility index (Phi) is 3.18. The summed E-state index contributed by atoms with van der Waals surface area (Å²) in [5.41, 5.74) is 12.8. The molecule has 2 atom stereocenters. The van der Waals surface area contributed by atoms with E-state index in [0.717, 1.165) is 31.4 Å². The Morgan fingerprint density at radius 1 is 1.60 bits per heavy atom. The van der Waals surface area contributed by atoms with Gasteiger partial charge in [0.15, 0.2) is 0 Å². The number of hydrogen-bond acceptors (Lipinski definition) is 4. The molecule has 0 saturated carbocycles. The molecule has 15 heavy (non-hydrogen) atoms. The van der Waals surface area contributed by atoms with Crippen molar-refractivity contribution in [2.24, 2.45) is 5.73 Å². The van der Waals surface area contributed by atoms with Gasteiger partial charge in [-0.3, -0.25) is 0 Å². The fraction of sp³-hybridized carbons (Fsp3) is 0.545. The normalized spacial score (nSPS) is 22.9. The second-order valence-electron chi connectivity index (χ2n) is 3.96. The number of nitrogens with zero attached hydrogens (tertiary/aromatic N) is 1. The molecule has 1 aromatic heterocycles. The third-order valence-electron chi connectivity index (χ3n) is 2.81. The van der Waals surface area contributed by atoms with E-state index < -0.39 is 0 Å². The molecule has 0 aliphatic carbocycles. The molecular formula is C11H17N3O. The van der Waals surface area contributed by atoms with Crippen LogP contribution in [0.3, 0.4) is 0 Å². The molecule has 1 fully saturated rings. The molecule has 0 aromatic carbocycles. The van der Waals surface area contributed by atoms with Crippen molar-refractivity contribution in [1.82, 2.24) is 4.98 Å². The highest BCUT2D eigenvalue weighted by atomic mass is 16.5. The van der Waals surface area contributed by atoms with Crippen LogP contribution in [-0.4, -0.2) is 17.7 Å². The molecule has 1 aliphatic rings. The topological polar surface area (TPSA) is 74.2 Å². The fourth-order valence-electron chi connectivity index (χ4n) is 1.98. The molecular weight excluding hydrogens is 190 g/mol. The van der Waals surface area contributed by atoms with Crippen molar-refractivity contribution in [2.75, 3.05) is 12.3 Å². The van der Waals surface area contributed by atoms with E-state index in [0.29, 0.717) is 11.9 Å². The van der Waals surface area contributed by atoms with Gasteiger partial charge >= 0.3 is 0 Å². The van der Waals surface area contributed by atoms with Gasteiger partial charge in [0.25, 0.3) is 0 Å². The van der Waals surface area contributed by atoms with Gasteiger partial charge < -0.3 is 16.2 Å². The first-order valence-electron chi connectivity index (χ1n) is 5.35. The molecule has 82 valence electrons. The van der Waals surface area contributed by atoms with Crippen LogP contribution >= 0.6 is 0 Å². The third-order valence-corrected chi connectivity index (χ3v) is 2.81. The van der Waals surface area contributed by atoms with Gasteiger partial charge in [-0.15, -0.1) is 0 Å². The zero-order valence-corrected chi connectivity index (χ0v) is 8.73. The third kappa shape index (κ3) is 2.46. The Morgan fingerprint density at radius 3 is 3.13 bits per heavy atom. The van der Waals surface area contributed by atoms with Crippen LogP contribution in [0, 0.1) is 0 Å². The number of aromatic nitrogens is 1. The van der Waals surface area contributed by atoms with Gasteiger partial charge in [-0.2, -0.15) is 0 Å². The molecule has 1 saturated heterocycles. The highest BCUT2D eigenvalue weighted by Gasteiger charge is 2.20. The summed E-state index contributed by atoms with van der Waals surface area (Å²) in [6, 6.07) is 3.73. The lowest BCUT2D eigenvalue weighted by Gasteiger charge is -2.17. The Labute approximate surface area is 89.6 Å². The zero-order chi connectivity index (χ0) is 10.7. The number of anilines is 1. The summed E-state index contributed by atoms with van der Waals surface area (Å²) in [7, 11) is 0. The molecule has 4 N–H and O–H groups in total. The maximum Gasteiger partial charge on any atom is 0.128 e. The van der Waals surface area contributed by atoms with Gasteiger partial charge in [0.2, 0.25) is 0 Å². The number of hydrogen-bond donors (Lipinski definition) is 2. The van der Waals surface area contributed by atoms with Crippen LogP contribution in [0.4, 0.5) is 5.82 Å². The summed E-state index contributed by atoms with van der Waals surface area (Å²) in [5, 5.41) is 0. The molecule has 2 rings (SSSR count). The van der Waals surface area contributed by atoms with Gasteiger partial charge in [0, 0.05) is 24.4 Å². The average molecular weight is 207 g/mol. The summed E-state index contributed by atoms with van der Waals surface area (Å²) >= 11 is 0. The minimum atomic E-state index is -0.0678. The van der Waals surface area contributed by atoms with Crippen molar-refractivity contribution in [1.29, 1.82) is 0 Å². The van der Waals surface area contributed by atoms with Crippen molar-refractivity contribution in [3.63, 3.8) is 0 Å². The smallest absolute Gasteiger partial charge is 0.128 e. The Bertz CT molecular complexity index is 323. The SMILES string of the molecule is Nc1ncccc1C(N)CC1CCCO1. The molecule has 2 heterocycles. The van der Waals surface area contributed by atoms with Gasteiger partial charge in [0.1, 0.15) is 5.82 Å². The maximum absolute atomic E-state index is 6.08. The predicted molar refractivity (Wildman–Crippen MR) is 59.2 cm³/mol. The first kappa shape index (κ1) is 10.4. The van der Waals surface area contributed by atoms with E-state index in [-0.39, 0.29) is 6.04 Å². The van der Waals surface area contributed by atoms with Crippen LogP contribution in [-0.2, 0) is 4.74 Å². The van der Waals surface area contributed by atoms with Crippen LogP contribution < -0.4 is 11.5 Å². The van der Waals surface area contributed by atoms with Crippen molar-refractivity contribution < 1.29 is 4.74 Å². The van der Waals surface area contributed by atoms with Crippen molar-refractivity contribution in [3.05, 3.63) is 23.9 Å². The van der Waals surface area contributed by atoms with Crippen LogP contribution in [0.5, 0.6) is 0 Å².